The number of amides is 4. The third-order valence-corrected chi connectivity index (χ3v) is 16.8. The lowest BCUT2D eigenvalue weighted by Gasteiger charge is -2.45. The molecule has 20 nitrogen and oxygen atoms in total. The van der Waals surface area contributed by atoms with Gasteiger partial charge < -0.3 is 44.7 Å². The molecule has 2 spiro atoms. The first-order valence-corrected chi connectivity index (χ1v) is 26.6. The van der Waals surface area contributed by atoms with Gasteiger partial charge in [0.15, 0.2) is 11.2 Å². The van der Waals surface area contributed by atoms with Gasteiger partial charge in [0.25, 0.3) is 23.6 Å². The molecule has 4 heterocycles. The van der Waals surface area contributed by atoms with E-state index in [0.29, 0.717) is 55.1 Å². The van der Waals surface area contributed by atoms with Gasteiger partial charge in [-0.25, -0.2) is 24.0 Å². The molecule has 6 aromatic carbocycles. The minimum atomic E-state index is -5.22. The molecule has 2 saturated heterocycles. The number of nitrogens with zero attached hydrogens (tertiary/aromatic N) is 2. The van der Waals surface area contributed by atoms with Crippen molar-refractivity contribution >= 4 is 99.9 Å². The van der Waals surface area contributed by atoms with Gasteiger partial charge in [-0.05, 0) is 82.9 Å². The Balaban J connectivity index is 0.000000157. The number of hydrogen-bond donors (Lipinski definition) is 5. The van der Waals surface area contributed by atoms with E-state index < -0.39 is 81.7 Å². The lowest BCUT2D eigenvalue weighted by Crippen LogP contribution is -2.41. The Morgan fingerprint density at radius 3 is 1.11 bits per heavy atom. The van der Waals surface area contributed by atoms with Crippen molar-refractivity contribution in [1.29, 1.82) is 0 Å². The average Bonchev–Trinajstić information content (AvgIpc) is 1.68. The SMILES string of the molecule is CC1(C)c2c(ccc(O)c2Cl)C2(OC(=O)c3ccc(C(=O)O)cc32)c2ccc(O)c(Cl)c21.CC1(C)c2c(ccc(O)c2Cl)C2(OC(=O)c3ccc(C(=O)ON4C(=O)CCC4=O)cc32)c2ccc(O)c(Cl)c21.O=C1CCC(=O)N1OC(=O)C(F)(F)F. The highest BCUT2D eigenvalue weighted by molar-refractivity contribution is 6.35. The number of carbonyl (C=O) groups is 9. The predicted octanol–water partition coefficient (Wildman–Crippen LogP) is 10.1. The Bertz CT molecular complexity index is 3930. The van der Waals surface area contributed by atoms with Crippen LogP contribution in [-0.4, -0.2) is 95.3 Å². The maximum absolute atomic E-state index is 13.3. The smallest absolute Gasteiger partial charge is 0.493 e. The Labute approximate surface area is 496 Å². The van der Waals surface area contributed by atoms with Gasteiger partial charge in [0.05, 0.1) is 42.3 Å². The van der Waals surface area contributed by atoms with Gasteiger partial charge in [-0.15, -0.1) is 10.1 Å². The lowest BCUT2D eigenvalue weighted by molar-refractivity contribution is -0.232. The zero-order valence-electron chi connectivity index (χ0n) is 44.0. The topological polar surface area (TPSA) is 298 Å². The number of imide groups is 2. The average molecular weight is 1250 g/mol. The number of fused-ring (bicyclic) bond motifs is 12. The minimum Gasteiger partial charge on any atom is -0.506 e. The Morgan fingerprint density at radius 1 is 0.482 bits per heavy atom. The summed E-state index contributed by atoms with van der Waals surface area (Å²) < 4.78 is 47.0. The third kappa shape index (κ3) is 9.01. The zero-order chi connectivity index (χ0) is 62.1. The van der Waals surface area contributed by atoms with Gasteiger partial charge in [-0.2, -0.15) is 13.2 Å². The number of ether oxygens (including phenoxy) is 2. The molecule has 0 saturated carbocycles. The van der Waals surface area contributed by atoms with Gasteiger partial charge in [0, 0.05) is 69.9 Å². The quantitative estimate of drug-likeness (QED) is 0.0810. The first kappa shape index (κ1) is 59.3. The molecular formula is C58H39Cl4F3N2O18. The molecule has 0 atom stereocenters. The summed E-state index contributed by atoms with van der Waals surface area (Å²) in [6.45, 7) is 7.28. The number of benzene rings is 6. The molecule has 12 rings (SSSR count). The van der Waals surface area contributed by atoms with Crippen molar-refractivity contribution in [2.45, 2.75) is 81.6 Å². The lowest BCUT2D eigenvalue weighted by atomic mass is 9.61. The van der Waals surface area contributed by atoms with Gasteiger partial charge in [-0.3, -0.25) is 19.2 Å². The molecule has 438 valence electrons. The van der Waals surface area contributed by atoms with E-state index in [-0.39, 0.29) is 102 Å². The highest BCUT2D eigenvalue weighted by atomic mass is 35.5. The van der Waals surface area contributed by atoms with Crippen LogP contribution in [0.2, 0.25) is 20.1 Å². The molecule has 2 fully saturated rings. The fourth-order valence-corrected chi connectivity index (χ4v) is 13.2. The fourth-order valence-electron chi connectivity index (χ4n) is 11.6. The Hall–Kier alpha value is -8.90. The number of esters is 2. The van der Waals surface area contributed by atoms with Crippen LogP contribution in [0.25, 0.3) is 0 Å². The number of alkyl halides is 3. The maximum Gasteiger partial charge on any atom is 0.493 e. The molecule has 4 aliphatic heterocycles. The van der Waals surface area contributed by atoms with Crippen molar-refractivity contribution in [3.8, 4) is 23.0 Å². The monoisotopic (exact) mass is 1250 g/mol. The van der Waals surface area contributed by atoms with E-state index in [4.69, 9.17) is 60.7 Å². The molecule has 4 amide bonds. The minimum absolute atomic E-state index is 0.00746. The third-order valence-electron chi connectivity index (χ3n) is 15.3. The van der Waals surface area contributed by atoms with Crippen LogP contribution in [0.5, 0.6) is 23.0 Å². The second-order valence-corrected chi connectivity index (χ2v) is 22.4. The normalized spacial score (nSPS) is 17.5. The van der Waals surface area contributed by atoms with E-state index in [9.17, 15) is 81.9 Å². The zero-order valence-corrected chi connectivity index (χ0v) is 47.0. The van der Waals surface area contributed by atoms with E-state index in [1.807, 2.05) is 27.7 Å². The highest BCUT2D eigenvalue weighted by Crippen LogP contribution is 2.63. The number of aromatic hydroxyl groups is 4. The van der Waals surface area contributed by atoms with E-state index in [1.165, 1.54) is 60.7 Å². The van der Waals surface area contributed by atoms with Crippen molar-refractivity contribution in [2.75, 3.05) is 0 Å². The summed E-state index contributed by atoms with van der Waals surface area (Å²) in [7, 11) is 0. The van der Waals surface area contributed by atoms with Crippen LogP contribution in [0.1, 0.15) is 150 Å². The Morgan fingerprint density at radius 2 is 0.788 bits per heavy atom. The summed E-state index contributed by atoms with van der Waals surface area (Å²) in [6, 6.07) is 20.2. The van der Waals surface area contributed by atoms with Gasteiger partial charge in [0.2, 0.25) is 0 Å². The van der Waals surface area contributed by atoms with Crippen LogP contribution >= 0.6 is 46.4 Å². The van der Waals surface area contributed by atoms with Crippen LogP contribution in [0.3, 0.4) is 0 Å². The summed E-state index contributed by atoms with van der Waals surface area (Å²) in [6.07, 6.45) is -5.84. The number of phenolic OH excluding ortho intramolecular Hbond substituents is 4. The second kappa shape index (κ2) is 20.4. The van der Waals surface area contributed by atoms with Crippen molar-refractivity contribution in [1.82, 2.24) is 10.1 Å². The molecule has 85 heavy (non-hydrogen) atoms. The van der Waals surface area contributed by atoms with Crippen molar-refractivity contribution in [3.05, 3.63) is 183 Å². The van der Waals surface area contributed by atoms with E-state index in [1.54, 1.807) is 24.3 Å². The highest BCUT2D eigenvalue weighted by Gasteiger charge is 2.59. The maximum atomic E-state index is 13.3. The van der Waals surface area contributed by atoms with Gasteiger partial charge in [0.1, 0.15) is 23.0 Å². The van der Waals surface area contributed by atoms with Crippen LogP contribution in [0, 0.1) is 0 Å². The number of halogens is 7. The first-order valence-electron chi connectivity index (χ1n) is 25.0. The number of rotatable bonds is 4. The van der Waals surface area contributed by atoms with Crippen LogP contribution < -0.4 is 0 Å². The van der Waals surface area contributed by atoms with Gasteiger partial charge >= 0.3 is 36.0 Å². The predicted molar refractivity (Wildman–Crippen MR) is 287 cm³/mol. The molecule has 5 N–H and O–H groups in total. The number of phenols is 4. The number of carboxylic acid groups (broad SMARTS) is 1. The number of hydrogen-bond acceptors (Lipinski definition) is 17. The number of carboxylic acids is 1. The first-order chi connectivity index (χ1) is 39.7. The molecule has 6 aromatic rings. The molecule has 0 radical (unpaired) electrons. The van der Waals surface area contributed by atoms with Crippen LogP contribution in [-0.2, 0) is 65.2 Å². The van der Waals surface area contributed by atoms with E-state index >= 15 is 0 Å². The van der Waals surface area contributed by atoms with E-state index in [0.717, 1.165) is 0 Å². The van der Waals surface area contributed by atoms with Crippen molar-refractivity contribution in [3.63, 3.8) is 0 Å². The van der Waals surface area contributed by atoms with E-state index in [2.05, 4.69) is 4.84 Å². The van der Waals surface area contributed by atoms with Crippen molar-refractivity contribution in [2.24, 2.45) is 0 Å². The molecule has 6 aliphatic rings. The molecular weight excluding hydrogens is 1210 g/mol. The summed E-state index contributed by atoms with van der Waals surface area (Å²) >= 11 is 26.4. The summed E-state index contributed by atoms with van der Waals surface area (Å²) in [5.74, 6) is -9.99. The molecule has 0 aromatic heterocycles. The van der Waals surface area contributed by atoms with Gasteiger partial charge in [-0.1, -0.05) is 98.4 Å². The summed E-state index contributed by atoms with van der Waals surface area (Å²) in [5, 5.41) is 51.7. The van der Waals surface area contributed by atoms with Crippen LogP contribution in [0.15, 0.2) is 84.9 Å². The second-order valence-electron chi connectivity index (χ2n) is 20.9. The molecule has 2 aliphatic carbocycles. The fraction of sp³-hybridized carbons (Fsp3) is 0.224. The number of aromatic carboxylic acids is 1. The van der Waals surface area contributed by atoms with Crippen molar-refractivity contribution < 1.29 is 101 Å². The summed E-state index contributed by atoms with van der Waals surface area (Å²) in [4.78, 5) is 115. The molecule has 0 bridgehead atoms. The number of hydroxylamine groups is 4. The largest absolute Gasteiger partial charge is 0.506 e. The summed E-state index contributed by atoms with van der Waals surface area (Å²) in [5.41, 5.74) is -0.711. The Kier molecular flexibility index (Phi) is 14.2. The molecule has 0 unspecified atom stereocenters. The standard InChI is InChI=1S/C28H19Cl2NO8.C24H16Cl2O6.C6H4F3NO4/c1-27(2)21-14(5-7-17(32)23(21)29)28(15-6-8-18(33)24(30)22(15)27)16-11-12(3-4-13(16)26(37)38-28)25(36)39-31-19(34)9-10-20(31)35;1-23(2)17-12(5-7-15(27)19(17)25)24(13-6-8-16(28)20(26)18(13)23)14-9-10(21(29)30)3-4-11(14)22(31)32-24;7-6(8,9)5(13)14-10-3(11)1-2-4(10)12/h3-8,11,32-33H,9-10H2,1-2H3;3-9,27-28H,1-2H3,(H,29,30);1-2H2. The number of carbonyl (C=O) groups excluding carboxylic acids is 8. The van der Waals surface area contributed by atoms with Crippen LogP contribution in [0.4, 0.5) is 13.2 Å². The molecule has 27 heteroatoms.